The van der Waals surface area contributed by atoms with E-state index in [2.05, 4.69) is 5.32 Å². The zero-order valence-corrected chi connectivity index (χ0v) is 16.8. The second kappa shape index (κ2) is 10.6. The normalized spacial score (nSPS) is 11.6. The zero-order chi connectivity index (χ0) is 22.1. The molecule has 0 radical (unpaired) electrons. The zero-order valence-electron chi connectivity index (χ0n) is 16.8. The van der Waals surface area contributed by atoms with Crippen LogP contribution >= 0.6 is 0 Å². The molecule has 0 aliphatic heterocycles. The minimum absolute atomic E-state index is 0.0210. The van der Waals surface area contributed by atoms with Crippen molar-refractivity contribution in [3.8, 4) is 11.5 Å². The number of hydrogen-bond acceptors (Lipinski definition) is 7. The molecule has 2 aromatic carbocycles. The van der Waals surface area contributed by atoms with Gasteiger partial charge >= 0.3 is 5.97 Å². The van der Waals surface area contributed by atoms with Gasteiger partial charge in [-0.05, 0) is 43.7 Å². The fraction of sp³-hybridized carbons (Fsp3) is 0.238. The Morgan fingerprint density at radius 3 is 2.60 bits per heavy atom. The van der Waals surface area contributed by atoms with E-state index in [0.717, 1.165) is 0 Å². The molecule has 0 unspecified atom stereocenters. The monoisotopic (exact) mass is 414 g/mol. The summed E-state index contributed by atoms with van der Waals surface area (Å²) < 4.78 is 15.7. The third kappa shape index (κ3) is 6.06. The first-order chi connectivity index (χ1) is 14.3. The van der Waals surface area contributed by atoms with Gasteiger partial charge in [0, 0.05) is 12.1 Å². The van der Waals surface area contributed by atoms with Crippen LogP contribution in [0.4, 0.5) is 11.4 Å². The van der Waals surface area contributed by atoms with Crippen molar-refractivity contribution in [2.24, 2.45) is 0 Å². The number of nitro groups is 1. The van der Waals surface area contributed by atoms with Gasteiger partial charge in [-0.25, -0.2) is 4.79 Å². The highest BCUT2D eigenvalue weighted by atomic mass is 16.6. The minimum Gasteiger partial charge on any atom is -0.493 e. The second-order valence-corrected chi connectivity index (χ2v) is 6.02. The molecule has 0 aliphatic rings. The molecule has 0 bridgehead atoms. The Morgan fingerprint density at radius 1 is 1.20 bits per heavy atom. The quantitative estimate of drug-likeness (QED) is 0.288. The van der Waals surface area contributed by atoms with Crippen LogP contribution in [0.1, 0.15) is 19.4 Å². The summed E-state index contributed by atoms with van der Waals surface area (Å²) in [6.07, 6.45) is 1.53. The largest absolute Gasteiger partial charge is 0.493 e. The Bertz CT molecular complexity index is 956. The molecule has 2 aromatic rings. The van der Waals surface area contributed by atoms with Crippen molar-refractivity contribution in [1.82, 2.24) is 0 Å². The van der Waals surface area contributed by atoms with Gasteiger partial charge in [-0.1, -0.05) is 18.2 Å². The maximum atomic E-state index is 12.2. The van der Waals surface area contributed by atoms with Crippen LogP contribution in [0.3, 0.4) is 0 Å². The maximum absolute atomic E-state index is 12.2. The lowest BCUT2D eigenvalue weighted by Crippen LogP contribution is -2.29. The van der Waals surface area contributed by atoms with Crippen LogP contribution in [0.25, 0.3) is 6.08 Å². The number of benzene rings is 2. The summed E-state index contributed by atoms with van der Waals surface area (Å²) in [6, 6.07) is 10.8. The van der Waals surface area contributed by atoms with Gasteiger partial charge in [0.2, 0.25) is 0 Å². The lowest BCUT2D eigenvalue weighted by molar-refractivity contribution is -0.383. The number of nitrogens with one attached hydrogen (secondary N) is 1. The number of rotatable bonds is 9. The number of nitro benzene ring substituents is 1. The predicted molar refractivity (Wildman–Crippen MR) is 110 cm³/mol. The van der Waals surface area contributed by atoms with Crippen LogP contribution in [0, 0.1) is 10.1 Å². The van der Waals surface area contributed by atoms with Crippen molar-refractivity contribution in [3.63, 3.8) is 0 Å². The Balaban J connectivity index is 2.00. The first-order valence-electron chi connectivity index (χ1n) is 9.09. The lowest BCUT2D eigenvalue weighted by atomic mass is 10.2. The van der Waals surface area contributed by atoms with Gasteiger partial charge in [-0.2, -0.15) is 0 Å². The summed E-state index contributed by atoms with van der Waals surface area (Å²) in [5.41, 5.74) is 0.440. The van der Waals surface area contributed by atoms with Crippen molar-refractivity contribution >= 4 is 29.3 Å². The van der Waals surface area contributed by atoms with E-state index >= 15 is 0 Å². The highest BCUT2D eigenvalue weighted by molar-refractivity contribution is 5.98. The molecule has 0 spiro atoms. The van der Waals surface area contributed by atoms with Crippen molar-refractivity contribution in [3.05, 3.63) is 64.2 Å². The number of anilines is 1. The van der Waals surface area contributed by atoms with E-state index in [4.69, 9.17) is 14.2 Å². The molecule has 1 N–H and O–H groups in total. The number of carbonyl (C=O) groups is 2. The van der Waals surface area contributed by atoms with Crippen molar-refractivity contribution in [2.75, 3.05) is 19.0 Å². The SMILES string of the molecule is CCOc1cc(/C=C/C(=O)O[C@@H](C)C(=O)Nc2ccccc2[N+](=O)[O-])ccc1OC. The van der Waals surface area contributed by atoms with E-state index in [9.17, 15) is 19.7 Å². The summed E-state index contributed by atoms with van der Waals surface area (Å²) in [5, 5.41) is 13.4. The predicted octanol–water partition coefficient (Wildman–Crippen LogP) is 3.59. The molecule has 0 fully saturated rings. The van der Waals surface area contributed by atoms with Gasteiger partial charge in [0.25, 0.3) is 11.6 Å². The van der Waals surface area contributed by atoms with Gasteiger partial charge < -0.3 is 19.5 Å². The van der Waals surface area contributed by atoms with E-state index < -0.39 is 22.9 Å². The van der Waals surface area contributed by atoms with E-state index in [1.165, 1.54) is 44.4 Å². The Hall–Kier alpha value is -3.88. The summed E-state index contributed by atoms with van der Waals surface area (Å²) in [5.74, 6) is -0.326. The standard InChI is InChI=1S/C21H22N2O7/c1-4-29-19-13-15(9-11-18(19)28-3)10-12-20(24)30-14(2)21(25)22-16-7-5-6-8-17(16)23(26)27/h5-14H,4H2,1-3H3,(H,22,25)/b12-10+/t14-/m0/s1. The lowest BCUT2D eigenvalue weighted by Gasteiger charge is -2.12. The van der Waals surface area contributed by atoms with Gasteiger partial charge in [0.05, 0.1) is 18.6 Å². The topological polar surface area (TPSA) is 117 Å². The minimum atomic E-state index is -1.16. The molecule has 1 amide bonds. The summed E-state index contributed by atoms with van der Waals surface area (Å²) in [4.78, 5) is 34.7. The maximum Gasteiger partial charge on any atom is 0.331 e. The third-order valence-electron chi connectivity index (χ3n) is 3.92. The van der Waals surface area contributed by atoms with Gasteiger partial charge in [0.15, 0.2) is 17.6 Å². The summed E-state index contributed by atoms with van der Waals surface area (Å²) in [7, 11) is 1.53. The van der Waals surface area contributed by atoms with Gasteiger partial charge in [0.1, 0.15) is 5.69 Å². The Kier molecular flexibility index (Phi) is 7.92. The number of para-hydroxylation sites is 2. The van der Waals surface area contributed by atoms with E-state index in [1.807, 2.05) is 6.92 Å². The average molecular weight is 414 g/mol. The number of amides is 1. The molecule has 9 nitrogen and oxygen atoms in total. The van der Waals surface area contributed by atoms with Crippen LogP contribution in [0.2, 0.25) is 0 Å². The number of esters is 1. The molecule has 0 saturated heterocycles. The number of carbonyl (C=O) groups excluding carboxylic acids is 2. The fourth-order valence-electron chi connectivity index (χ4n) is 2.47. The smallest absolute Gasteiger partial charge is 0.331 e. The van der Waals surface area contributed by atoms with Gasteiger partial charge in [-0.15, -0.1) is 0 Å². The van der Waals surface area contributed by atoms with Crippen LogP contribution < -0.4 is 14.8 Å². The van der Waals surface area contributed by atoms with Crippen molar-refractivity contribution < 1.29 is 28.7 Å². The average Bonchev–Trinajstić information content (AvgIpc) is 2.72. The Morgan fingerprint density at radius 2 is 1.93 bits per heavy atom. The second-order valence-electron chi connectivity index (χ2n) is 6.02. The molecular weight excluding hydrogens is 392 g/mol. The first-order valence-corrected chi connectivity index (χ1v) is 9.09. The molecule has 30 heavy (non-hydrogen) atoms. The van der Waals surface area contributed by atoms with Crippen LogP contribution in [0.15, 0.2) is 48.5 Å². The molecular formula is C21H22N2O7. The molecule has 1 atom stereocenters. The highest BCUT2D eigenvalue weighted by Crippen LogP contribution is 2.28. The van der Waals surface area contributed by atoms with Crippen LogP contribution in [0.5, 0.6) is 11.5 Å². The van der Waals surface area contributed by atoms with E-state index in [-0.39, 0.29) is 11.4 Å². The third-order valence-corrected chi connectivity index (χ3v) is 3.92. The Labute approximate surface area is 173 Å². The van der Waals surface area contributed by atoms with E-state index in [0.29, 0.717) is 23.7 Å². The molecule has 9 heteroatoms. The molecule has 158 valence electrons. The van der Waals surface area contributed by atoms with Crippen molar-refractivity contribution in [1.29, 1.82) is 0 Å². The number of hydrogen-bond donors (Lipinski definition) is 1. The van der Waals surface area contributed by atoms with E-state index in [1.54, 1.807) is 24.3 Å². The summed E-state index contributed by atoms with van der Waals surface area (Å²) >= 11 is 0. The van der Waals surface area contributed by atoms with Crippen LogP contribution in [-0.2, 0) is 14.3 Å². The number of methoxy groups -OCH3 is 1. The fourth-order valence-corrected chi connectivity index (χ4v) is 2.47. The molecule has 2 rings (SSSR count). The van der Waals surface area contributed by atoms with Crippen LogP contribution in [-0.4, -0.2) is 36.6 Å². The molecule has 0 aliphatic carbocycles. The first kappa shape index (κ1) is 22.4. The number of nitrogens with zero attached hydrogens (tertiary/aromatic N) is 1. The van der Waals surface area contributed by atoms with Gasteiger partial charge in [-0.3, -0.25) is 14.9 Å². The summed E-state index contributed by atoms with van der Waals surface area (Å²) in [6.45, 7) is 3.67. The highest BCUT2D eigenvalue weighted by Gasteiger charge is 2.20. The molecule has 0 aromatic heterocycles. The molecule has 0 heterocycles. The molecule has 0 saturated carbocycles. The van der Waals surface area contributed by atoms with Crippen molar-refractivity contribution in [2.45, 2.75) is 20.0 Å². The number of ether oxygens (including phenoxy) is 3.